The molecule has 1 aliphatic rings. The standard InChI is InChI=1S/C20H20N4O2S/c25-17-9-5-4-8-16(17)21-19(26)15-10-12-24(13-11-15)20-22-18(23-27-20)14-6-2-1-3-7-14/h1-9,15,25H,10-13H2,(H,21,26). The number of aromatic nitrogens is 2. The fourth-order valence-electron chi connectivity index (χ4n) is 3.20. The van der Waals surface area contributed by atoms with Gasteiger partial charge in [0.2, 0.25) is 11.0 Å². The summed E-state index contributed by atoms with van der Waals surface area (Å²) in [7, 11) is 0. The highest BCUT2D eigenvalue weighted by atomic mass is 32.1. The van der Waals surface area contributed by atoms with Crippen LogP contribution in [-0.4, -0.2) is 33.5 Å². The van der Waals surface area contributed by atoms with Crippen molar-refractivity contribution >= 4 is 28.3 Å². The third-order valence-electron chi connectivity index (χ3n) is 4.75. The van der Waals surface area contributed by atoms with E-state index in [2.05, 4.69) is 19.6 Å². The lowest BCUT2D eigenvalue weighted by Gasteiger charge is -2.30. The van der Waals surface area contributed by atoms with E-state index < -0.39 is 0 Å². The number of hydrogen-bond donors (Lipinski definition) is 2. The van der Waals surface area contributed by atoms with Crippen LogP contribution >= 0.6 is 11.5 Å². The van der Waals surface area contributed by atoms with Crippen LogP contribution in [0.15, 0.2) is 54.6 Å². The zero-order valence-electron chi connectivity index (χ0n) is 14.7. The number of nitrogens with zero attached hydrogens (tertiary/aromatic N) is 3. The molecule has 6 nitrogen and oxygen atoms in total. The molecule has 0 radical (unpaired) electrons. The van der Waals surface area contributed by atoms with Crippen molar-refractivity contribution in [2.45, 2.75) is 12.8 Å². The minimum atomic E-state index is -0.0672. The summed E-state index contributed by atoms with van der Waals surface area (Å²) in [5.41, 5.74) is 1.47. The van der Waals surface area contributed by atoms with Crippen LogP contribution in [0.1, 0.15) is 12.8 Å². The molecule has 0 aliphatic carbocycles. The molecule has 0 spiro atoms. The second kappa shape index (κ2) is 7.75. The Kier molecular flexibility index (Phi) is 5.02. The summed E-state index contributed by atoms with van der Waals surface area (Å²) in [5, 5.41) is 13.5. The molecule has 1 aromatic heterocycles. The summed E-state index contributed by atoms with van der Waals surface area (Å²) in [6, 6.07) is 16.7. The number of phenolic OH excluding ortho intramolecular Hbond substituents is 1. The maximum atomic E-state index is 12.5. The molecule has 0 atom stereocenters. The van der Waals surface area contributed by atoms with Gasteiger partial charge >= 0.3 is 0 Å². The lowest BCUT2D eigenvalue weighted by molar-refractivity contribution is -0.120. The number of phenols is 1. The Morgan fingerprint density at radius 2 is 1.78 bits per heavy atom. The number of carbonyl (C=O) groups is 1. The number of para-hydroxylation sites is 2. The summed E-state index contributed by atoms with van der Waals surface area (Å²) in [6.45, 7) is 1.53. The van der Waals surface area contributed by atoms with Gasteiger partial charge in [0.15, 0.2) is 5.82 Å². The molecule has 1 aliphatic heterocycles. The Bertz CT molecular complexity index is 920. The maximum Gasteiger partial charge on any atom is 0.227 e. The summed E-state index contributed by atoms with van der Waals surface area (Å²) >= 11 is 1.40. The molecule has 1 saturated heterocycles. The second-order valence-electron chi connectivity index (χ2n) is 6.53. The van der Waals surface area contributed by atoms with E-state index in [1.165, 1.54) is 11.5 Å². The van der Waals surface area contributed by atoms with Gasteiger partial charge < -0.3 is 15.3 Å². The first-order valence-corrected chi connectivity index (χ1v) is 9.71. The van der Waals surface area contributed by atoms with E-state index in [0.29, 0.717) is 5.69 Å². The van der Waals surface area contributed by atoms with Gasteiger partial charge in [-0.1, -0.05) is 42.5 Å². The molecular formula is C20H20N4O2S. The van der Waals surface area contributed by atoms with Crippen LogP contribution in [0.4, 0.5) is 10.8 Å². The zero-order chi connectivity index (χ0) is 18.6. The van der Waals surface area contributed by atoms with Crippen molar-refractivity contribution in [3.63, 3.8) is 0 Å². The molecule has 27 heavy (non-hydrogen) atoms. The van der Waals surface area contributed by atoms with Crippen molar-refractivity contribution in [3.8, 4) is 17.1 Å². The van der Waals surface area contributed by atoms with Crippen molar-refractivity contribution in [3.05, 3.63) is 54.6 Å². The molecule has 138 valence electrons. The fraction of sp³-hybridized carbons (Fsp3) is 0.250. The topological polar surface area (TPSA) is 78.4 Å². The Morgan fingerprint density at radius 3 is 2.52 bits per heavy atom. The van der Waals surface area contributed by atoms with Gasteiger partial charge in [0.1, 0.15) is 5.75 Å². The number of hydrogen-bond acceptors (Lipinski definition) is 6. The predicted octanol–water partition coefficient (Wildman–Crippen LogP) is 3.77. The smallest absolute Gasteiger partial charge is 0.227 e. The minimum absolute atomic E-state index is 0.0432. The Hall–Kier alpha value is -2.93. The van der Waals surface area contributed by atoms with Gasteiger partial charge in [-0.05, 0) is 25.0 Å². The van der Waals surface area contributed by atoms with Crippen molar-refractivity contribution in [2.75, 3.05) is 23.3 Å². The highest BCUT2D eigenvalue weighted by Crippen LogP contribution is 2.29. The monoisotopic (exact) mass is 380 g/mol. The number of rotatable bonds is 4. The molecule has 7 heteroatoms. The first-order valence-electron chi connectivity index (χ1n) is 8.93. The van der Waals surface area contributed by atoms with Gasteiger partial charge in [0.05, 0.1) is 5.69 Å². The van der Waals surface area contributed by atoms with E-state index >= 15 is 0 Å². The molecule has 0 unspecified atom stereocenters. The van der Waals surface area contributed by atoms with Crippen LogP contribution in [0.25, 0.3) is 11.4 Å². The van der Waals surface area contributed by atoms with Crippen LogP contribution in [0.5, 0.6) is 5.75 Å². The van der Waals surface area contributed by atoms with Gasteiger partial charge in [-0.3, -0.25) is 4.79 Å². The molecule has 1 fully saturated rings. The number of amides is 1. The zero-order valence-corrected chi connectivity index (χ0v) is 15.5. The largest absolute Gasteiger partial charge is 0.506 e. The molecule has 3 aromatic rings. The summed E-state index contributed by atoms with van der Waals surface area (Å²) in [4.78, 5) is 19.3. The van der Waals surface area contributed by atoms with E-state index in [0.717, 1.165) is 42.5 Å². The van der Waals surface area contributed by atoms with E-state index in [1.807, 2.05) is 30.3 Å². The van der Waals surface area contributed by atoms with E-state index in [4.69, 9.17) is 0 Å². The Labute approximate surface area is 161 Å². The fourth-order valence-corrected chi connectivity index (χ4v) is 3.94. The molecule has 2 N–H and O–H groups in total. The van der Waals surface area contributed by atoms with Crippen LogP contribution in [0.3, 0.4) is 0 Å². The van der Waals surface area contributed by atoms with Crippen molar-refractivity contribution in [1.82, 2.24) is 9.36 Å². The molecule has 2 aromatic carbocycles. The van der Waals surface area contributed by atoms with E-state index in [9.17, 15) is 9.90 Å². The number of aromatic hydroxyl groups is 1. The quantitative estimate of drug-likeness (QED) is 0.674. The van der Waals surface area contributed by atoms with Gasteiger partial charge in [-0.25, -0.2) is 0 Å². The first-order chi connectivity index (χ1) is 13.2. The van der Waals surface area contributed by atoms with Crippen molar-refractivity contribution in [1.29, 1.82) is 0 Å². The Balaban J connectivity index is 1.36. The highest BCUT2D eigenvalue weighted by molar-refractivity contribution is 7.09. The Morgan fingerprint density at radius 1 is 1.07 bits per heavy atom. The molecule has 4 rings (SSSR count). The van der Waals surface area contributed by atoms with Crippen molar-refractivity contribution in [2.24, 2.45) is 5.92 Å². The lowest BCUT2D eigenvalue weighted by atomic mass is 9.96. The average Bonchev–Trinajstić information content (AvgIpc) is 3.21. The highest BCUT2D eigenvalue weighted by Gasteiger charge is 2.27. The van der Waals surface area contributed by atoms with E-state index in [-0.39, 0.29) is 17.6 Å². The van der Waals surface area contributed by atoms with Gasteiger partial charge in [-0.15, -0.1) is 0 Å². The van der Waals surface area contributed by atoms with Crippen LogP contribution < -0.4 is 10.2 Å². The average molecular weight is 380 g/mol. The second-order valence-corrected chi connectivity index (χ2v) is 7.26. The first kappa shape index (κ1) is 17.5. The van der Waals surface area contributed by atoms with Crippen LogP contribution in [0.2, 0.25) is 0 Å². The molecule has 2 heterocycles. The molecule has 0 saturated carbocycles. The number of nitrogens with one attached hydrogen (secondary N) is 1. The van der Waals surface area contributed by atoms with E-state index in [1.54, 1.807) is 24.3 Å². The van der Waals surface area contributed by atoms with Gasteiger partial charge in [-0.2, -0.15) is 9.36 Å². The molecule has 1 amide bonds. The molecule has 0 bridgehead atoms. The number of piperidine rings is 1. The normalized spacial score (nSPS) is 14.9. The number of benzene rings is 2. The molecular weight excluding hydrogens is 360 g/mol. The van der Waals surface area contributed by atoms with Crippen LogP contribution in [0, 0.1) is 5.92 Å². The van der Waals surface area contributed by atoms with Gasteiger partial charge in [0.25, 0.3) is 0 Å². The summed E-state index contributed by atoms with van der Waals surface area (Å²) < 4.78 is 4.46. The maximum absolute atomic E-state index is 12.5. The minimum Gasteiger partial charge on any atom is -0.506 e. The third-order valence-corrected chi connectivity index (χ3v) is 5.52. The summed E-state index contributed by atoms with van der Waals surface area (Å²) in [5.74, 6) is 0.723. The van der Waals surface area contributed by atoms with Gasteiger partial charge in [0, 0.05) is 36.1 Å². The lowest BCUT2D eigenvalue weighted by Crippen LogP contribution is -2.38. The predicted molar refractivity (Wildman–Crippen MR) is 107 cm³/mol. The number of anilines is 2. The van der Waals surface area contributed by atoms with Crippen molar-refractivity contribution < 1.29 is 9.90 Å². The third kappa shape index (κ3) is 3.93. The SMILES string of the molecule is O=C(Nc1ccccc1O)C1CCN(c2nc(-c3ccccc3)ns2)CC1. The number of carbonyl (C=O) groups excluding carboxylic acids is 1. The summed E-state index contributed by atoms with van der Waals surface area (Å²) in [6.07, 6.45) is 1.50. The van der Waals surface area contributed by atoms with Crippen LogP contribution in [-0.2, 0) is 4.79 Å².